The van der Waals surface area contributed by atoms with Gasteiger partial charge in [0.1, 0.15) is 5.82 Å². The van der Waals surface area contributed by atoms with Gasteiger partial charge in [-0.05, 0) is 62.3 Å². The van der Waals surface area contributed by atoms with Gasteiger partial charge in [0, 0.05) is 25.7 Å². The van der Waals surface area contributed by atoms with Crippen molar-refractivity contribution >= 4 is 16.1 Å². The first kappa shape index (κ1) is 21.0. The van der Waals surface area contributed by atoms with Crippen LogP contribution in [0.2, 0.25) is 0 Å². The lowest BCUT2D eigenvalue weighted by Crippen LogP contribution is -2.44. The van der Waals surface area contributed by atoms with Crippen LogP contribution in [0.5, 0.6) is 0 Å². The van der Waals surface area contributed by atoms with E-state index in [1.807, 2.05) is 0 Å². The zero-order valence-corrected chi connectivity index (χ0v) is 17.0. The number of benzene rings is 1. The maximum absolute atomic E-state index is 13.0. The lowest BCUT2D eigenvalue weighted by atomic mass is 9.94. The molecule has 156 valence electrons. The van der Waals surface area contributed by atoms with Crippen LogP contribution in [0.25, 0.3) is 0 Å². The standard InChI is InChI=1S/C20H30FN3O3S/c21-17-6-8-19(9-7-17)28(26,27)24-14-11-16(12-15-24)10-13-22-20(25)23-18-4-2-1-3-5-18/h6-9,16,18H,1-5,10-15H2,(H2,22,23,25). The quantitative estimate of drug-likeness (QED) is 0.754. The van der Waals surface area contributed by atoms with E-state index in [0.29, 0.717) is 31.6 Å². The molecule has 0 aromatic heterocycles. The molecule has 1 aromatic carbocycles. The molecule has 0 bridgehead atoms. The summed E-state index contributed by atoms with van der Waals surface area (Å²) in [7, 11) is -3.57. The van der Waals surface area contributed by atoms with Gasteiger partial charge in [0.05, 0.1) is 4.90 Å². The zero-order valence-electron chi connectivity index (χ0n) is 16.2. The second kappa shape index (κ2) is 9.69. The van der Waals surface area contributed by atoms with Gasteiger partial charge < -0.3 is 10.6 Å². The number of carbonyl (C=O) groups is 1. The Morgan fingerprint density at radius 2 is 1.68 bits per heavy atom. The minimum Gasteiger partial charge on any atom is -0.338 e. The van der Waals surface area contributed by atoms with E-state index >= 15 is 0 Å². The minimum atomic E-state index is -3.57. The number of amides is 2. The Kier molecular flexibility index (Phi) is 7.29. The Bertz CT molecular complexity index is 740. The Labute approximate surface area is 166 Å². The third-order valence-electron chi connectivity index (χ3n) is 5.80. The second-order valence-electron chi connectivity index (χ2n) is 7.83. The fourth-order valence-corrected chi connectivity index (χ4v) is 5.54. The predicted octanol–water partition coefficient (Wildman–Crippen LogP) is 3.25. The minimum absolute atomic E-state index is 0.0942. The molecule has 2 aliphatic rings. The Morgan fingerprint density at radius 1 is 1.04 bits per heavy atom. The molecule has 1 aliphatic heterocycles. The Hall–Kier alpha value is -1.67. The third kappa shape index (κ3) is 5.67. The molecule has 28 heavy (non-hydrogen) atoms. The molecule has 1 heterocycles. The molecule has 3 rings (SSSR count). The van der Waals surface area contributed by atoms with Crippen molar-refractivity contribution < 1.29 is 17.6 Å². The van der Waals surface area contributed by atoms with E-state index in [2.05, 4.69) is 10.6 Å². The van der Waals surface area contributed by atoms with E-state index in [-0.39, 0.29) is 10.9 Å². The summed E-state index contributed by atoms with van der Waals surface area (Å²) in [5.74, 6) is -0.0488. The van der Waals surface area contributed by atoms with E-state index in [0.717, 1.165) is 32.1 Å². The van der Waals surface area contributed by atoms with Crippen molar-refractivity contribution in [1.82, 2.24) is 14.9 Å². The summed E-state index contributed by atoms with van der Waals surface area (Å²) in [6.45, 7) is 1.52. The number of hydrogen-bond acceptors (Lipinski definition) is 3. The molecule has 1 saturated heterocycles. The van der Waals surface area contributed by atoms with Gasteiger partial charge in [-0.2, -0.15) is 4.31 Å². The van der Waals surface area contributed by atoms with Gasteiger partial charge in [0.25, 0.3) is 0 Å². The van der Waals surface area contributed by atoms with E-state index in [1.54, 1.807) is 0 Å². The van der Waals surface area contributed by atoms with Crippen LogP contribution in [0.15, 0.2) is 29.2 Å². The molecule has 2 amide bonds. The molecule has 0 atom stereocenters. The summed E-state index contributed by atoms with van der Waals surface area (Å²) in [4.78, 5) is 12.1. The summed E-state index contributed by atoms with van der Waals surface area (Å²) in [6, 6.07) is 5.17. The van der Waals surface area contributed by atoms with Crippen molar-refractivity contribution in [2.24, 2.45) is 5.92 Å². The van der Waals surface area contributed by atoms with Crippen LogP contribution in [0, 0.1) is 11.7 Å². The zero-order chi connectivity index (χ0) is 20.0. The van der Waals surface area contributed by atoms with Crippen molar-refractivity contribution in [3.8, 4) is 0 Å². The highest BCUT2D eigenvalue weighted by molar-refractivity contribution is 7.89. The van der Waals surface area contributed by atoms with Gasteiger partial charge in [-0.25, -0.2) is 17.6 Å². The van der Waals surface area contributed by atoms with E-state index < -0.39 is 15.8 Å². The lowest BCUT2D eigenvalue weighted by molar-refractivity contribution is 0.228. The molecule has 8 heteroatoms. The van der Waals surface area contributed by atoms with Crippen LogP contribution in [0.3, 0.4) is 0 Å². The molecule has 2 N–H and O–H groups in total. The molecule has 0 radical (unpaired) electrons. The average Bonchev–Trinajstić information content (AvgIpc) is 2.69. The van der Waals surface area contributed by atoms with Gasteiger partial charge in [-0.1, -0.05) is 19.3 Å². The molecule has 6 nitrogen and oxygen atoms in total. The maximum atomic E-state index is 13.0. The van der Waals surface area contributed by atoms with Crippen molar-refractivity contribution in [3.05, 3.63) is 30.1 Å². The van der Waals surface area contributed by atoms with Crippen LogP contribution < -0.4 is 10.6 Å². The van der Waals surface area contributed by atoms with E-state index in [9.17, 15) is 17.6 Å². The van der Waals surface area contributed by atoms with E-state index in [1.165, 1.54) is 47.8 Å². The monoisotopic (exact) mass is 411 g/mol. The fraction of sp³-hybridized carbons (Fsp3) is 0.650. The highest BCUT2D eigenvalue weighted by atomic mass is 32.2. The van der Waals surface area contributed by atoms with Crippen molar-refractivity contribution in [2.45, 2.75) is 62.3 Å². The molecular weight excluding hydrogens is 381 g/mol. The number of halogens is 1. The highest BCUT2D eigenvalue weighted by Crippen LogP contribution is 2.25. The van der Waals surface area contributed by atoms with Crippen LogP contribution in [-0.4, -0.2) is 44.4 Å². The molecule has 1 aromatic rings. The van der Waals surface area contributed by atoms with Crippen LogP contribution in [-0.2, 0) is 10.0 Å². The number of nitrogens with zero attached hydrogens (tertiary/aromatic N) is 1. The Balaban J connectivity index is 1.38. The fourth-order valence-electron chi connectivity index (χ4n) is 4.07. The number of urea groups is 1. The Morgan fingerprint density at radius 3 is 2.32 bits per heavy atom. The summed E-state index contributed by atoms with van der Waals surface area (Å²) >= 11 is 0. The van der Waals surface area contributed by atoms with E-state index in [4.69, 9.17) is 0 Å². The smallest absolute Gasteiger partial charge is 0.315 e. The second-order valence-corrected chi connectivity index (χ2v) is 9.76. The SMILES string of the molecule is O=C(NCCC1CCN(S(=O)(=O)c2ccc(F)cc2)CC1)NC1CCCCC1. The number of piperidine rings is 1. The third-order valence-corrected chi connectivity index (χ3v) is 7.72. The van der Waals surface area contributed by atoms with Gasteiger partial charge in [0.15, 0.2) is 0 Å². The first-order chi connectivity index (χ1) is 13.4. The maximum Gasteiger partial charge on any atom is 0.315 e. The molecule has 1 saturated carbocycles. The van der Waals surface area contributed by atoms with Gasteiger partial charge >= 0.3 is 6.03 Å². The van der Waals surface area contributed by atoms with Gasteiger partial charge in [-0.15, -0.1) is 0 Å². The highest BCUT2D eigenvalue weighted by Gasteiger charge is 2.29. The van der Waals surface area contributed by atoms with Crippen LogP contribution >= 0.6 is 0 Å². The number of rotatable bonds is 6. The number of sulfonamides is 1. The van der Waals surface area contributed by atoms with Crippen molar-refractivity contribution in [1.29, 1.82) is 0 Å². The van der Waals surface area contributed by atoms with Crippen molar-refractivity contribution in [2.75, 3.05) is 19.6 Å². The van der Waals surface area contributed by atoms with Gasteiger partial charge in [0.2, 0.25) is 10.0 Å². The summed E-state index contributed by atoms with van der Waals surface area (Å²) in [5.41, 5.74) is 0. The number of nitrogens with one attached hydrogen (secondary N) is 2. The molecule has 2 fully saturated rings. The summed E-state index contributed by atoms with van der Waals surface area (Å²) in [6.07, 6.45) is 8.15. The van der Waals surface area contributed by atoms with Crippen LogP contribution in [0.1, 0.15) is 51.4 Å². The van der Waals surface area contributed by atoms with Crippen LogP contribution in [0.4, 0.5) is 9.18 Å². The summed E-state index contributed by atoms with van der Waals surface area (Å²) in [5, 5.41) is 5.97. The molecule has 0 unspecified atom stereocenters. The number of hydrogen-bond donors (Lipinski definition) is 2. The largest absolute Gasteiger partial charge is 0.338 e. The van der Waals surface area contributed by atoms with Crippen molar-refractivity contribution in [3.63, 3.8) is 0 Å². The molecular formula is C20H30FN3O3S. The van der Waals surface area contributed by atoms with Gasteiger partial charge in [-0.3, -0.25) is 0 Å². The number of carbonyl (C=O) groups excluding carboxylic acids is 1. The first-order valence-corrected chi connectivity index (χ1v) is 11.7. The first-order valence-electron chi connectivity index (χ1n) is 10.3. The summed E-state index contributed by atoms with van der Waals surface area (Å²) < 4.78 is 39.8. The normalized spacial score (nSPS) is 20.0. The predicted molar refractivity (Wildman–Crippen MR) is 106 cm³/mol. The topological polar surface area (TPSA) is 78.5 Å². The molecule has 1 aliphatic carbocycles. The average molecular weight is 412 g/mol. The lowest BCUT2D eigenvalue weighted by Gasteiger charge is -2.31. The molecule has 0 spiro atoms.